The summed E-state index contributed by atoms with van der Waals surface area (Å²) in [6.07, 6.45) is 12.3. The number of benzene rings is 1. The van der Waals surface area contributed by atoms with Gasteiger partial charge in [-0.05, 0) is 92.7 Å². The molecule has 0 radical (unpaired) electrons. The number of fused-ring (bicyclic) bond motifs is 1. The maximum atomic E-state index is 5.91. The molecule has 28 heavy (non-hydrogen) atoms. The standard InChI is InChI=1S/C26H40OS/c1-5-7-21-9-11-22(12-10-21)23-13-14-24-16-25(28-26(24)17-23)15-8-19(3)18-27-20(4)6-2/h13-14,16-17,19-22H,5-12,15,18H2,1-4H3. The van der Waals surface area contributed by atoms with Gasteiger partial charge >= 0.3 is 0 Å². The summed E-state index contributed by atoms with van der Waals surface area (Å²) in [5.74, 6) is 2.42. The molecule has 0 aliphatic heterocycles. The van der Waals surface area contributed by atoms with Crippen LogP contribution >= 0.6 is 11.3 Å². The fraction of sp³-hybridized carbons (Fsp3) is 0.692. The highest BCUT2D eigenvalue weighted by molar-refractivity contribution is 7.19. The van der Waals surface area contributed by atoms with Crippen molar-refractivity contribution in [2.75, 3.05) is 6.61 Å². The van der Waals surface area contributed by atoms with Crippen molar-refractivity contribution in [3.05, 3.63) is 34.7 Å². The van der Waals surface area contributed by atoms with E-state index in [2.05, 4.69) is 52.0 Å². The van der Waals surface area contributed by atoms with Crippen molar-refractivity contribution in [2.45, 2.75) is 97.5 Å². The van der Waals surface area contributed by atoms with Gasteiger partial charge in [-0.2, -0.15) is 0 Å². The van der Waals surface area contributed by atoms with E-state index >= 15 is 0 Å². The van der Waals surface area contributed by atoms with Gasteiger partial charge in [0.1, 0.15) is 0 Å². The SMILES string of the molecule is CCCC1CCC(c2ccc3cc(CCC(C)COC(C)CC)sc3c2)CC1. The summed E-state index contributed by atoms with van der Waals surface area (Å²) < 4.78 is 7.40. The van der Waals surface area contributed by atoms with Crippen LogP contribution in [0.25, 0.3) is 10.1 Å². The van der Waals surface area contributed by atoms with E-state index in [1.165, 1.54) is 66.3 Å². The smallest absolute Gasteiger partial charge is 0.0544 e. The van der Waals surface area contributed by atoms with Gasteiger partial charge in [0.2, 0.25) is 0 Å². The Morgan fingerprint density at radius 3 is 2.57 bits per heavy atom. The molecular weight excluding hydrogens is 360 g/mol. The van der Waals surface area contributed by atoms with Crippen LogP contribution < -0.4 is 0 Å². The molecule has 2 unspecified atom stereocenters. The van der Waals surface area contributed by atoms with Gasteiger partial charge in [-0.25, -0.2) is 0 Å². The summed E-state index contributed by atoms with van der Waals surface area (Å²) in [6.45, 7) is 9.91. The Morgan fingerprint density at radius 1 is 1.07 bits per heavy atom. The minimum atomic E-state index is 0.391. The molecule has 1 aliphatic carbocycles. The van der Waals surface area contributed by atoms with Crippen molar-refractivity contribution < 1.29 is 4.74 Å². The van der Waals surface area contributed by atoms with Gasteiger partial charge in [0.15, 0.2) is 0 Å². The van der Waals surface area contributed by atoms with Crippen molar-refractivity contribution in [1.29, 1.82) is 0 Å². The maximum absolute atomic E-state index is 5.91. The molecule has 0 amide bonds. The minimum absolute atomic E-state index is 0.391. The van der Waals surface area contributed by atoms with E-state index in [1.54, 1.807) is 5.56 Å². The van der Waals surface area contributed by atoms with Crippen LogP contribution in [0.2, 0.25) is 0 Å². The van der Waals surface area contributed by atoms with Crippen molar-refractivity contribution >= 4 is 21.4 Å². The fourth-order valence-corrected chi connectivity index (χ4v) is 5.72. The summed E-state index contributed by atoms with van der Waals surface area (Å²) >= 11 is 2.01. The molecule has 1 fully saturated rings. The van der Waals surface area contributed by atoms with Crippen molar-refractivity contribution in [2.24, 2.45) is 11.8 Å². The third-order valence-corrected chi connectivity index (χ3v) is 7.89. The predicted molar refractivity (Wildman–Crippen MR) is 125 cm³/mol. The molecule has 0 spiro atoms. The summed E-state index contributed by atoms with van der Waals surface area (Å²) in [6, 6.07) is 9.71. The summed E-state index contributed by atoms with van der Waals surface area (Å²) in [7, 11) is 0. The topological polar surface area (TPSA) is 9.23 Å². The van der Waals surface area contributed by atoms with Gasteiger partial charge in [-0.3, -0.25) is 0 Å². The Hall–Kier alpha value is -0.860. The second-order valence-electron chi connectivity index (χ2n) is 9.21. The van der Waals surface area contributed by atoms with E-state index in [0.717, 1.165) is 24.9 Å². The molecule has 1 aliphatic rings. The van der Waals surface area contributed by atoms with E-state index in [-0.39, 0.29) is 0 Å². The van der Waals surface area contributed by atoms with E-state index in [4.69, 9.17) is 4.74 Å². The largest absolute Gasteiger partial charge is 0.378 e. The number of rotatable bonds is 10. The molecule has 156 valence electrons. The molecule has 0 N–H and O–H groups in total. The van der Waals surface area contributed by atoms with Crippen LogP contribution in [-0.2, 0) is 11.2 Å². The lowest BCUT2D eigenvalue weighted by atomic mass is 9.77. The number of ether oxygens (including phenoxy) is 1. The molecule has 0 saturated heterocycles. The Bertz CT molecular complexity index is 710. The average molecular weight is 401 g/mol. The fourth-order valence-electron chi connectivity index (χ4n) is 4.59. The lowest BCUT2D eigenvalue weighted by Crippen LogP contribution is -2.13. The third-order valence-electron chi connectivity index (χ3n) is 6.73. The van der Waals surface area contributed by atoms with Crippen molar-refractivity contribution in [3.8, 4) is 0 Å². The van der Waals surface area contributed by atoms with Crippen LogP contribution in [0.3, 0.4) is 0 Å². The highest BCUT2D eigenvalue weighted by Gasteiger charge is 2.22. The van der Waals surface area contributed by atoms with E-state index in [1.807, 2.05) is 11.3 Å². The number of thiophene rings is 1. The van der Waals surface area contributed by atoms with Gasteiger partial charge < -0.3 is 4.74 Å². The first kappa shape index (κ1) is 21.8. The van der Waals surface area contributed by atoms with E-state index in [0.29, 0.717) is 12.0 Å². The molecule has 1 aromatic heterocycles. The second kappa shape index (κ2) is 10.8. The highest BCUT2D eigenvalue weighted by Crippen LogP contribution is 2.39. The molecule has 2 atom stereocenters. The predicted octanol–water partition coefficient (Wildman–Crippen LogP) is 8.36. The third kappa shape index (κ3) is 6.07. The first-order valence-corrected chi connectivity index (χ1v) is 12.5. The molecule has 1 aromatic carbocycles. The zero-order chi connectivity index (χ0) is 19.9. The van der Waals surface area contributed by atoms with Gasteiger partial charge in [-0.1, -0.05) is 45.7 Å². The maximum Gasteiger partial charge on any atom is 0.0544 e. The lowest BCUT2D eigenvalue weighted by molar-refractivity contribution is 0.0402. The van der Waals surface area contributed by atoms with Crippen LogP contribution in [0.15, 0.2) is 24.3 Å². The Kier molecular flexibility index (Phi) is 8.41. The average Bonchev–Trinajstić information content (AvgIpc) is 3.13. The van der Waals surface area contributed by atoms with Crippen molar-refractivity contribution in [1.82, 2.24) is 0 Å². The van der Waals surface area contributed by atoms with Gasteiger partial charge in [-0.15, -0.1) is 11.3 Å². The number of aryl methyl sites for hydroxylation is 1. The second-order valence-corrected chi connectivity index (χ2v) is 10.4. The first-order chi connectivity index (χ1) is 13.6. The van der Waals surface area contributed by atoms with Crippen LogP contribution in [0.1, 0.15) is 95.4 Å². The molecule has 3 rings (SSSR count). The van der Waals surface area contributed by atoms with Crippen LogP contribution in [0.5, 0.6) is 0 Å². The van der Waals surface area contributed by atoms with Crippen LogP contribution in [0, 0.1) is 11.8 Å². The monoisotopic (exact) mass is 400 g/mol. The Morgan fingerprint density at radius 2 is 1.86 bits per heavy atom. The first-order valence-electron chi connectivity index (χ1n) is 11.7. The van der Waals surface area contributed by atoms with E-state index in [9.17, 15) is 0 Å². The molecular formula is C26H40OS. The van der Waals surface area contributed by atoms with Gasteiger partial charge in [0.05, 0.1) is 6.10 Å². The van der Waals surface area contributed by atoms with Crippen LogP contribution in [0.4, 0.5) is 0 Å². The quantitative estimate of drug-likeness (QED) is 0.389. The molecule has 0 bridgehead atoms. The summed E-state index contributed by atoms with van der Waals surface area (Å²) in [5, 5.41) is 1.44. The van der Waals surface area contributed by atoms with E-state index < -0.39 is 0 Å². The number of hydrogen-bond donors (Lipinski definition) is 0. The summed E-state index contributed by atoms with van der Waals surface area (Å²) in [4.78, 5) is 1.54. The van der Waals surface area contributed by atoms with Crippen LogP contribution in [-0.4, -0.2) is 12.7 Å². The Labute approximate surface area is 176 Å². The molecule has 1 heterocycles. The number of hydrogen-bond acceptors (Lipinski definition) is 2. The zero-order valence-corrected chi connectivity index (χ0v) is 19.3. The highest BCUT2D eigenvalue weighted by atomic mass is 32.1. The molecule has 2 aromatic rings. The minimum Gasteiger partial charge on any atom is -0.378 e. The molecule has 1 saturated carbocycles. The van der Waals surface area contributed by atoms with Gasteiger partial charge in [0.25, 0.3) is 0 Å². The normalized spacial score (nSPS) is 22.4. The summed E-state index contributed by atoms with van der Waals surface area (Å²) in [5.41, 5.74) is 1.59. The molecule has 2 heteroatoms. The Balaban J connectivity index is 1.54. The zero-order valence-electron chi connectivity index (χ0n) is 18.5. The molecule has 1 nitrogen and oxygen atoms in total. The van der Waals surface area contributed by atoms with Gasteiger partial charge in [0, 0.05) is 16.2 Å². The van der Waals surface area contributed by atoms with Crippen molar-refractivity contribution in [3.63, 3.8) is 0 Å². The lowest BCUT2D eigenvalue weighted by Gasteiger charge is -2.28.